The molecular formula is C20H29N5O3S2. The maximum Gasteiger partial charge on any atom is 0.316 e. The van der Waals surface area contributed by atoms with Crippen molar-refractivity contribution in [2.75, 3.05) is 5.32 Å². The lowest BCUT2D eigenvalue weighted by Crippen LogP contribution is -2.22. The Morgan fingerprint density at radius 3 is 2.50 bits per heavy atom. The number of fused-ring (bicyclic) bond motifs is 1. The minimum absolute atomic E-state index is 0.218. The van der Waals surface area contributed by atoms with E-state index in [2.05, 4.69) is 24.1 Å². The molecular weight excluding hydrogens is 422 g/mol. The van der Waals surface area contributed by atoms with Crippen LogP contribution in [0.15, 0.2) is 10.4 Å². The second kappa shape index (κ2) is 8.33. The van der Waals surface area contributed by atoms with Crippen LogP contribution in [-0.2, 0) is 34.8 Å². The average Bonchev–Trinajstić information content (AvgIpc) is 3.06. The summed E-state index contributed by atoms with van der Waals surface area (Å²) in [6.45, 7) is 7.54. The Balaban J connectivity index is 0.000000187. The normalized spacial score (nSPS) is 17.5. The second-order valence-electron chi connectivity index (χ2n) is 8.63. The van der Waals surface area contributed by atoms with Crippen LogP contribution in [0.5, 0.6) is 0 Å². The number of aromatic nitrogens is 2. The number of amides is 2. The van der Waals surface area contributed by atoms with Crippen LogP contribution in [0.25, 0.3) is 0 Å². The first-order valence-electron chi connectivity index (χ1n) is 9.86. The summed E-state index contributed by atoms with van der Waals surface area (Å²) < 4.78 is 11.2. The summed E-state index contributed by atoms with van der Waals surface area (Å²) >= 11 is 1.16. The van der Waals surface area contributed by atoms with E-state index < -0.39 is 22.6 Å². The van der Waals surface area contributed by atoms with Crippen molar-refractivity contribution in [3.05, 3.63) is 33.7 Å². The highest BCUT2D eigenvalue weighted by Gasteiger charge is 2.43. The first-order chi connectivity index (χ1) is 13.9. The molecule has 2 aliphatic rings. The van der Waals surface area contributed by atoms with Gasteiger partial charge in [0.2, 0.25) is 0 Å². The SMILES string of the molecule is CC(C)(O)c1ncc(S(N)=O)s1.Cc1c(C2(C)CC2)nc2c(c1NC(N)=O)CCC2. The van der Waals surface area contributed by atoms with E-state index in [1.165, 1.54) is 24.6 Å². The minimum Gasteiger partial charge on any atom is -0.383 e. The Bertz CT molecular complexity index is 993. The fourth-order valence-electron chi connectivity index (χ4n) is 3.62. The molecule has 0 aliphatic heterocycles. The quantitative estimate of drug-likeness (QED) is 0.565. The van der Waals surface area contributed by atoms with E-state index >= 15 is 0 Å². The number of hydrogen-bond acceptors (Lipinski definition) is 6. The summed E-state index contributed by atoms with van der Waals surface area (Å²) in [6, 6.07) is -0.481. The van der Waals surface area contributed by atoms with Crippen molar-refractivity contribution in [1.82, 2.24) is 9.97 Å². The van der Waals surface area contributed by atoms with E-state index in [9.17, 15) is 14.1 Å². The zero-order valence-corrected chi connectivity index (χ0v) is 19.4. The van der Waals surface area contributed by atoms with Crippen molar-refractivity contribution < 1.29 is 14.1 Å². The highest BCUT2D eigenvalue weighted by molar-refractivity contribution is 7.85. The molecule has 2 aliphatic carbocycles. The van der Waals surface area contributed by atoms with E-state index in [4.69, 9.17) is 15.9 Å². The van der Waals surface area contributed by atoms with Gasteiger partial charge in [0.1, 0.15) is 25.8 Å². The highest BCUT2D eigenvalue weighted by atomic mass is 32.2. The van der Waals surface area contributed by atoms with Crippen molar-refractivity contribution in [1.29, 1.82) is 0 Å². The van der Waals surface area contributed by atoms with Gasteiger partial charge in [0.15, 0.2) is 0 Å². The minimum atomic E-state index is -1.50. The van der Waals surface area contributed by atoms with Gasteiger partial charge in [-0.3, -0.25) is 4.98 Å². The molecule has 0 aromatic carbocycles. The number of aliphatic hydroxyl groups is 1. The number of rotatable bonds is 4. The molecule has 1 atom stereocenters. The maximum atomic E-state index is 11.2. The summed E-state index contributed by atoms with van der Waals surface area (Å²) in [4.78, 5) is 20.0. The lowest BCUT2D eigenvalue weighted by molar-refractivity contribution is 0.0783. The molecule has 0 spiro atoms. The number of nitrogens with two attached hydrogens (primary N) is 2. The Morgan fingerprint density at radius 2 is 2.03 bits per heavy atom. The van der Waals surface area contributed by atoms with Crippen molar-refractivity contribution >= 4 is 34.0 Å². The van der Waals surface area contributed by atoms with Gasteiger partial charge in [-0.2, -0.15) is 0 Å². The number of hydrogen-bond donors (Lipinski definition) is 4. The number of primary amides is 1. The van der Waals surface area contributed by atoms with Gasteiger partial charge in [-0.25, -0.2) is 19.1 Å². The molecule has 0 bridgehead atoms. The molecule has 0 saturated heterocycles. The third-order valence-corrected chi connectivity index (χ3v) is 7.84. The van der Waals surface area contributed by atoms with Gasteiger partial charge in [0.25, 0.3) is 0 Å². The van der Waals surface area contributed by atoms with Gasteiger partial charge in [0, 0.05) is 11.1 Å². The van der Waals surface area contributed by atoms with Gasteiger partial charge in [-0.1, -0.05) is 6.92 Å². The molecule has 164 valence electrons. The van der Waals surface area contributed by atoms with Crippen LogP contribution >= 0.6 is 11.3 Å². The van der Waals surface area contributed by atoms with Crippen LogP contribution in [0.3, 0.4) is 0 Å². The number of nitrogens with one attached hydrogen (secondary N) is 1. The Hall–Kier alpha value is -1.88. The van der Waals surface area contributed by atoms with Gasteiger partial charge >= 0.3 is 6.03 Å². The van der Waals surface area contributed by atoms with Crippen LogP contribution < -0.4 is 16.2 Å². The molecule has 1 fully saturated rings. The van der Waals surface area contributed by atoms with Crippen molar-refractivity contribution in [3.63, 3.8) is 0 Å². The van der Waals surface area contributed by atoms with Crippen molar-refractivity contribution in [2.45, 2.75) is 75.0 Å². The number of carbonyl (C=O) groups is 1. The number of nitrogens with zero attached hydrogens (tertiary/aromatic N) is 2. The summed E-state index contributed by atoms with van der Waals surface area (Å²) in [5.41, 5.74) is 10.1. The number of urea groups is 1. The predicted octanol–water partition coefficient (Wildman–Crippen LogP) is 2.77. The van der Waals surface area contributed by atoms with E-state index in [1.54, 1.807) is 13.8 Å². The Kier molecular flexibility index (Phi) is 6.33. The van der Waals surface area contributed by atoms with E-state index in [0.29, 0.717) is 9.22 Å². The van der Waals surface area contributed by atoms with Crippen LogP contribution in [0.4, 0.5) is 10.5 Å². The Labute approximate surface area is 183 Å². The monoisotopic (exact) mass is 451 g/mol. The molecule has 2 aromatic rings. The van der Waals surface area contributed by atoms with Crippen LogP contribution in [-0.4, -0.2) is 25.3 Å². The maximum absolute atomic E-state index is 11.2. The van der Waals surface area contributed by atoms with Crippen LogP contribution in [0.2, 0.25) is 0 Å². The third kappa shape index (κ3) is 4.88. The van der Waals surface area contributed by atoms with Gasteiger partial charge < -0.3 is 16.2 Å². The smallest absolute Gasteiger partial charge is 0.316 e. The molecule has 2 aromatic heterocycles. The number of pyridine rings is 1. The van der Waals surface area contributed by atoms with Gasteiger partial charge in [-0.05, 0) is 64.0 Å². The molecule has 30 heavy (non-hydrogen) atoms. The summed E-state index contributed by atoms with van der Waals surface area (Å²) in [5.74, 6) is 0. The fourth-order valence-corrected chi connectivity index (χ4v) is 5.00. The predicted molar refractivity (Wildman–Crippen MR) is 119 cm³/mol. The first-order valence-corrected chi connectivity index (χ1v) is 11.9. The summed E-state index contributed by atoms with van der Waals surface area (Å²) in [6.07, 6.45) is 6.94. The van der Waals surface area contributed by atoms with Gasteiger partial charge in [-0.15, -0.1) is 11.3 Å². The molecule has 1 unspecified atom stereocenters. The lowest BCUT2D eigenvalue weighted by atomic mass is 9.96. The highest BCUT2D eigenvalue weighted by Crippen LogP contribution is 2.50. The number of anilines is 1. The Morgan fingerprint density at radius 1 is 1.37 bits per heavy atom. The summed E-state index contributed by atoms with van der Waals surface area (Å²) in [7, 11) is -1.50. The molecule has 8 nitrogen and oxygen atoms in total. The first kappa shape index (κ1) is 22.8. The van der Waals surface area contributed by atoms with E-state index in [0.717, 1.165) is 53.2 Å². The number of thiazole rings is 1. The number of aryl methyl sites for hydroxylation is 1. The molecule has 10 heteroatoms. The van der Waals surface area contributed by atoms with E-state index in [1.807, 2.05) is 0 Å². The zero-order valence-electron chi connectivity index (χ0n) is 17.7. The molecule has 2 amide bonds. The molecule has 6 N–H and O–H groups in total. The van der Waals surface area contributed by atoms with Crippen LogP contribution in [0.1, 0.15) is 67.6 Å². The molecule has 4 rings (SSSR count). The molecule has 1 saturated carbocycles. The molecule has 2 heterocycles. The average molecular weight is 452 g/mol. The third-order valence-electron chi connectivity index (χ3n) is 5.49. The standard InChI is InChI=1S/C14H19N3O.C6H10N2O2S2/c1-8-11(17-13(15)18)9-4-3-5-10(9)16-12(8)14(2)6-7-14;1-6(2,9)5-8-3-4(11-5)12(7)10/h3-7H2,1-2H3,(H3,15,16,17,18);3,9H,7H2,1-2H3. The zero-order chi connectivity index (χ0) is 22.3. The van der Waals surface area contributed by atoms with Crippen molar-refractivity contribution in [2.24, 2.45) is 10.9 Å². The van der Waals surface area contributed by atoms with Gasteiger partial charge in [0.05, 0.1) is 17.6 Å². The number of carbonyl (C=O) groups excluding carboxylic acids is 1. The van der Waals surface area contributed by atoms with Crippen LogP contribution in [0, 0.1) is 6.92 Å². The molecule has 0 radical (unpaired) electrons. The second-order valence-corrected chi connectivity index (χ2v) is 11.0. The fraction of sp³-hybridized carbons (Fsp3) is 0.550. The topological polar surface area (TPSA) is 144 Å². The largest absolute Gasteiger partial charge is 0.383 e. The summed E-state index contributed by atoms with van der Waals surface area (Å²) in [5, 5.41) is 18.0. The lowest BCUT2D eigenvalue weighted by Gasteiger charge is -2.19. The van der Waals surface area contributed by atoms with E-state index in [-0.39, 0.29) is 5.41 Å². The van der Waals surface area contributed by atoms with Crippen molar-refractivity contribution in [3.8, 4) is 0 Å².